The summed E-state index contributed by atoms with van der Waals surface area (Å²) >= 11 is 0. The van der Waals surface area contributed by atoms with Crippen LogP contribution in [0.3, 0.4) is 0 Å². The van der Waals surface area contributed by atoms with Crippen molar-refractivity contribution in [2.75, 3.05) is 13.2 Å². The summed E-state index contributed by atoms with van der Waals surface area (Å²) in [6.07, 6.45) is -0.262. The summed E-state index contributed by atoms with van der Waals surface area (Å²) in [5.41, 5.74) is -0.985. The third kappa shape index (κ3) is 2.30. The minimum absolute atomic E-state index is 0.0676. The molecule has 0 bridgehead atoms. The Morgan fingerprint density at radius 1 is 1.46 bits per heavy atom. The smallest absolute Gasteiger partial charge is 0.405 e. The molecule has 0 atom stereocenters. The van der Waals surface area contributed by atoms with E-state index in [4.69, 9.17) is 5.11 Å². The van der Waals surface area contributed by atoms with Crippen LogP contribution in [0.1, 0.15) is 12.8 Å². The molecule has 0 saturated heterocycles. The fraction of sp³-hybridized carbons (Fsp3) is 0.714. The lowest BCUT2D eigenvalue weighted by atomic mass is 10.2. The Balaban J connectivity index is 2.40. The molecule has 3 N–H and O–H groups in total. The zero-order valence-corrected chi connectivity index (χ0v) is 6.97. The first-order valence-electron chi connectivity index (χ1n) is 3.96. The largest absolute Gasteiger partial charge is 0.465 e. The summed E-state index contributed by atoms with van der Waals surface area (Å²) in [4.78, 5) is 21.5. The number of nitrogens with one attached hydrogen (secondary N) is 2. The van der Waals surface area contributed by atoms with Gasteiger partial charge >= 0.3 is 6.09 Å². The van der Waals surface area contributed by atoms with Gasteiger partial charge in [-0.3, -0.25) is 4.79 Å². The molecule has 1 aliphatic carbocycles. The van der Waals surface area contributed by atoms with Crippen LogP contribution in [0.25, 0.3) is 0 Å². The summed E-state index contributed by atoms with van der Waals surface area (Å²) in [7, 11) is 0. The highest BCUT2D eigenvalue weighted by molar-refractivity contribution is 5.92. The molecule has 2 amide bonds. The van der Waals surface area contributed by atoms with Gasteiger partial charge < -0.3 is 15.7 Å². The second kappa shape index (κ2) is 3.59. The van der Waals surface area contributed by atoms with E-state index in [-0.39, 0.29) is 6.54 Å². The van der Waals surface area contributed by atoms with Crippen molar-refractivity contribution in [2.45, 2.75) is 18.4 Å². The Kier molecular flexibility index (Phi) is 2.69. The van der Waals surface area contributed by atoms with Gasteiger partial charge in [0.05, 0.1) is 0 Å². The maximum absolute atomic E-state index is 11.7. The number of rotatable bonds is 4. The van der Waals surface area contributed by atoms with Gasteiger partial charge in [0.1, 0.15) is 12.2 Å². The van der Waals surface area contributed by atoms with E-state index in [0.29, 0.717) is 12.8 Å². The normalized spacial score (nSPS) is 17.6. The highest BCUT2D eigenvalue weighted by Crippen LogP contribution is 2.35. The average molecular weight is 190 g/mol. The van der Waals surface area contributed by atoms with Crippen LogP contribution in [0.15, 0.2) is 0 Å². The highest BCUT2D eigenvalue weighted by atomic mass is 19.1. The van der Waals surface area contributed by atoms with E-state index in [9.17, 15) is 14.0 Å². The quantitative estimate of drug-likeness (QED) is 0.578. The van der Waals surface area contributed by atoms with Crippen molar-refractivity contribution in [2.24, 2.45) is 0 Å². The number of carbonyl (C=O) groups excluding carboxylic acids is 1. The van der Waals surface area contributed by atoms with Gasteiger partial charge in [-0.1, -0.05) is 0 Å². The fourth-order valence-corrected chi connectivity index (χ4v) is 1.07. The molecule has 1 saturated carbocycles. The molecule has 1 rings (SSSR count). The Labute approximate surface area is 74.3 Å². The van der Waals surface area contributed by atoms with Crippen molar-refractivity contribution in [1.82, 2.24) is 10.6 Å². The van der Waals surface area contributed by atoms with E-state index in [2.05, 4.69) is 10.6 Å². The predicted molar refractivity (Wildman–Crippen MR) is 42.1 cm³/mol. The van der Waals surface area contributed by atoms with E-state index in [1.165, 1.54) is 0 Å². The predicted octanol–water partition coefficient (Wildman–Crippen LogP) is -0.128. The molecule has 0 unspecified atom stereocenters. The van der Waals surface area contributed by atoms with E-state index < -0.39 is 24.2 Å². The Bertz CT molecular complexity index is 228. The number of carbonyl (C=O) groups is 2. The zero-order chi connectivity index (χ0) is 9.90. The molecule has 0 aliphatic heterocycles. The molecule has 0 heterocycles. The summed E-state index contributed by atoms with van der Waals surface area (Å²) < 4.78 is 11.7. The third-order valence-electron chi connectivity index (χ3n) is 1.91. The third-order valence-corrected chi connectivity index (χ3v) is 1.91. The molecule has 1 fully saturated rings. The molecular weight excluding hydrogens is 179 g/mol. The summed E-state index contributed by atoms with van der Waals surface area (Å²) in [5.74, 6) is -0.437. The first kappa shape index (κ1) is 9.76. The maximum atomic E-state index is 11.7. The van der Waals surface area contributed by atoms with Crippen molar-refractivity contribution in [3.05, 3.63) is 0 Å². The zero-order valence-electron chi connectivity index (χ0n) is 6.97. The van der Waals surface area contributed by atoms with Gasteiger partial charge in [0.25, 0.3) is 0 Å². The molecule has 5 nitrogen and oxygen atoms in total. The maximum Gasteiger partial charge on any atom is 0.405 e. The molecular formula is C7H11FN2O3. The monoisotopic (exact) mass is 190 g/mol. The fourth-order valence-electron chi connectivity index (χ4n) is 1.07. The van der Waals surface area contributed by atoms with Gasteiger partial charge in [0.2, 0.25) is 5.91 Å². The molecule has 13 heavy (non-hydrogen) atoms. The van der Waals surface area contributed by atoms with Gasteiger partial charge in [0, 0.05) is 6.54 Å². The standard InChI is InChI=1S/C7H11FN2O3/c8-3-4-9-5(11)7(1-2-7)10-6(12)13/h10H,1-4H2,(H,9,11)(H,12,13). The number of carboxylic acid groups (broad SMARTS) is 1. The molecule has 74 valence electrons. The summed E-state index contributed by atoms with van der Waals surface area (Å²) in [6.45, 7) is -0.712. The van der Waals surface area contributed by atoms with Gasteiger partial charge in [-0.05, 0) is 12.8 Å². The number of amides is 2. The average Bonchev–Trinajstić information content (AvgIpc) is 2.80. The summed E-state index contributed by atoms with van der Waals surface area (Å²) in [6, 6.07) is 0. The van der Waals surface area contributed by atoms with Crippen LogP contribution in [0, 0.1) is 0 Å². The Morgan fingerprint density at radius 3 is 2.46 bits per heavy atom. The molecule has 6 heteroatoms. The van der Waals surface area contributed by atoms with Crippen molar-refractivity contribution in [3.8, 4) is 0 Å². The highest BCUT2D eigenvalue weighted by Gasteiger charge is 2.51. The Hall–Kier alpha value is -1.33. The first-order chi connectivity index (χ1) is 6.10. The van der Waals surface area contributed by atoms with Crippen LogP contribution in [-0.4, -0.2) is 35.9 Å². The minimum atomic E-state index is -1.23. The van der Waals surface area contributed by atoms with Crippen LogP contribution < -0.4 is 10.6 Å². The first-order valence-corrected chi connectivity index (χ1v) is 3.96. The van der Waals surface area contributed by atoms with Gasteiger partial charge in [-0.15, -0.1) is 0 Å². The van der Waals surface area contributed by atoms with Crippen molar-refractivity contribution < 1.29 is 19.1 Å². The molecule has 0 aromatic carbocycles. The SMILES string of the molecule is O=C(O)NC1(C(=O)NCCF)CC1. The molecule has 0 aromatic rings. The van der Waals surface area contributed by atoms with E-state index >= 15 is 0 Å². The topological polar surface area (TPSA) is 78.4 Å². The second-order valence-corrected chi connectivity index (χ2v) is 2.96. The Morgan fingerprint density at radius 2 is 2.08 bits per heavy atom. The number of hydrogen-bond acceptors (Lipinski definition) is 2. The van der Waals surface area contributed by atoms with E-state index in [0.717, 1.165) is 0 Å². The molecule has 1 aliphatic rings. The minimum Gasteiger partial charge on any atom is -0.465 e. The summed E-state index contributed by atoms with van der Waals surface area (Å²) in [5, 5.41) is 12.8. The van der Waals surface area contributed by atoms with Crippen molar-refractivity contribution in [3.63, 3.8) is 0 Å². The van der Waals surface area contributed by atoms with Crippen LogP contribution >= 0.6 is 0 Å². The van der Waals surface area contributed by atoms with Crippen LogP contribution in [0.5, 0.6) is 0 Å². The lowest BCUT2D eigenvalue weighted by molar-refractivity contribution is -0.124. The van der Waals surface area contributed by atoms with E-state index in [1.807, 2.05) is 0 Å². The van der Waals surface area contributed by atoms with Gasteiger partial charge in [-0.2, -0.15) is 0 Å². The number of alkyl halides is 1. The molecule has 0 aromatic heterocycles. The molecule has 0 spiro atoms. The van der Waals surface area contributed by atoms with Crippen molar-refractivity contribution in [1.29, 1.82) is 0 Å². The lowest BCUT2D eigenvalue weighted by Crippen LogP contribution is -2.48. The van der Waals surface area contributed by atoms with Gasteiger partial charge in [0.15, 0.2) is 0 Å². The number of halogens is 1. The lowest BCUT2D eigenvalue weighted by Gasteiger charge is -2.13. The van der Waals surface area contributed by atoms with E-state index in [1.54, 1.807) is 0 Å². The number of hydrogen-bond donors (Lipinski definition) is 3. The second-order valence-electron chi connectivity index (χ2n) is 2.96. The van der Waals surface area contributed by atoms with Crippen LogP contribution in [0.4, 0.5) is 9.18 Å². The van der Waals surface area contributed by atoms with Crippen molar-refractivity contribution >= 4 is 12.0 Å². The van der Waals surface area contributed by atoms with Crippen LogP contribution in [-0.2, 0) is 4.79 Å². The van der Waals surface area contributed by atoms with Crippen LogP contribution in [0.2, 0.25) is 0 Å². The molecule has 0 radical (unpaired) electrons. The van der Waals surface area contributed by atoms with Gasteiger partial charge in [-0.25, -0.2) is 9.18 Å².